The maximum Gasteiger partial charge on any atom is 0.236 e. The van der Waals surface area contributed by atoms with Crippen LogP contribution in [0.5, 0.6) is 0 Å². The molecule has 1 N–H and O–H groups in total. The summed E-state index contributed by atoms with van der Waals surface area (Å²) in [6.07, 6.45) is 1.70. The average molecular weight is 465 g/mol. The zero-order valence-corrected chi connectivity index (χ0v) is 19.2. The number of nitrogens with one attached hydrogen (secondary N) is 1. The topological polar surface area (TPSA) is 55.9 Å². The van der Waals surface area contributed by atoms with Crippen LogP contribution < -0.4 is 5.32 Å². The summed E-state index contributed by atoms with van der Waals surface area (Å²) in [5.74, 6) is 1.50. The molecule has 0 aromatic heterocycles. The number of likely N-dealkylation sites (tertiary alicyclic amines) is 1. The molecule has 3 rings (SSSR count). The first-order valence-electron chi connectivity index (χ1n) is 10.7. The van der Waals surface area contributed by atoms with E-state index in [2.05, 4.69) is 49.8 Å². The molecule has 2 saturated heterocycles. The number of carbonyl (C=O) groups is 2. The highest BCUT2D eigenvalue weighted by atomic mass is 79.9. The summed E-state index contributed by atoms with van der Waals surface area (Å²) in [5, 5.41) is 2.96. The molecule has 0 aliphatic carbocycles. The van der Waals surface area contributed by atoms with Gasteiger partial charge < -0.3 is 15.1 Å². The van der Waals surface area contributed by atoms with Gasteiger partial charge in [-0.05, 0) is 46.3 Å². The summed E-state index contributed by atoms with van der Waals surface area (Å²) in [6, 6.07) is 7.64. The molecule has 160 valence electrons. The Morgan fingerprint density at radius 3 is 2.31 bits per heavy atom. The van der Waals surface area contributed by atoms with E-state index in [1.807, 2.05) is 24.3 Å². The van der Waals surface area contributed by atoms with Crippen molar-refractivity contribution in [3.63, 3.8) is 0 Å². The van der Waals surface area contributed by atoms with Crippen molar-refractivity contribution in [2.45, 2.75) is 26.7 Å². The summed E-state index contributed by atoms with van der Waals surface area (Å²) in [7, 11) is 0. The summed E-state index contributed by atoms with van der Waals surface area (Å²) >= 11 is 3.45. The van der Waals surface area contributed by atoms with E-state index in [4.69, 9.17) is 0 Å². The minimum atomic E-state index is 0.0304. The highest BCUT2D eigenvalue weighted by Crippen LogP contribution is 2.22. The van der Waals surface area contributed by atoms with Gasteiger partial charge in [-0.3, -0.25) is 14.5 Å². The van der Waals surface area contributed by atoms with Crippen molar-refractivity contribution in [3.05, 3.63) is 28.7 Å². The van der Waals surface area contributed by atoms with Crippen molar-refractivity contribution < 1.29 is 9.59 Å². The van der Waals surface area contributed by atoms with E-state index in [0.29, 0.717) is 24.8 Å². The predicted molar refractivity (Wildman–Crippen MR) is 120 cm³/mol. The smallest absolute Gasteiger partial charge is 0.236 e. The zero-order valence-electron chi connectivity index (χ0n) is 17.6. The third-order valence-electron chi connectivity index (χ3n) is 5.85. The van der Waals surface area contributed by atoms with Gasteiger partial charge >= 0.3 is 0 Å². The molecule has 2 amide bonds. The first-order chi connectivity index (χ1) is 13.9. The number of hydrogen-bond donors (Lipinski definition) is 1. The van der Waals surface area contributed by atoms with Crippen molar-refractivity contribution >= 4 is 33.4 Å². The van der Waals surface area contributed by atoms with Gasteiger partial charge in [-0.15, -0.1) is 0 Å². The molecule has 2 aliphatic rings. The molecule has 0 saturated carbocycles. The number of hydrogen-bond acceptors (Lipinski definition) is 4. The maximum absolute atomic E-state index is 12.7. The van der Waals surface area contributed by atoms with Crippen LogP contribution in [-0.4, -0.2) is 78.9 Å². The highest BCUT2D eigenvalue weighted by Gasteiger charge is 2.27. The lowest BCUT2D eigenvalue weighted by atomic mass is 9.92. The van der Waals surface area contributed by atoms with E-state index in [0.717, 1.165) is 56.0 Å². The Morgan fingerprint density at radius 2 is 1.66 bits per heavy atom. The monoisotopic (exact) mass is 464 g/mol. The van der Waals surface area contributed by atoms with Gasteiger partial charge in [-0.1, -0.05) is 26.0 Å². The SMILES string of the molecule is CC1CC(C)CN(C(=O)CN2CCN(CCC(=O)Nc3ccccc3Br)CC2)C1. The predicted octanol–water partition coefficient (Wildman–Crippen LogP) is 2.90. The second-order valence-electron chi connectivity index (χ2n) is 8.64. The third-order valence-corrected chi connectivity index (χ3v) is 6.54. The molecular weight excluding hydrogens is 432 g/mol. The molecule has 0 bridgehead atoms. The lowest BCUT2D eigenvalue weighted by molar-refractivity contribution is -0.135. The van der Waals surface area contributed by atoms with Gasteiger partial charge in [-0.2, -0.15) is 0 Å². The molecule has 1 aromatic rings. The first-order valence-corrected chi connectivity index (χ1v) is 11.5. The van der Waals surface area contributed by atoms with E-state index in [1.54, 1.807) is 0 Å². The van der Waals surface area contributed by atoms with Crippen LogP contribution in [0.1, 0.15) is 26.7 Å². The molecule has 2 heterocycles. The fraction of sp³-hybridized carbons (Fsp3) is 0.636. The summed E-state index contributed by atoms with van der Waals surface area (Å²) in [5.41, 5.74) is 0.808. The van der Waals surface area contributed by atoms with Crippen LogP contribution in [0.4, 0.5) is 5.69 Å². The van der Waals surface area contributed by atoms with Gasteiger partial charge in [0.2, 0.25) is 11.8 Å². The first kappa shape index (κ1) is 22.2. The second-order valence-corrected chi connectivity index (χ2v) is 9.49. The number of rotatable bonds is 6. The number of piperazine rings is 1. The summed E-state index contributed by atoms with van der Waals surface area (Å²) < 4.78 is 0.893. The Kier molecular flexibility index (Phi) is 8.09. The van der Waals surface area contributed by atoms with E-state index in [1.165, 1.54) is 6.42 Å². The van der Waals surface area contributed by atoms with Crippen LogP contribution in [0, 0.1) is 11.8 Å². The van der Waals surface area contributed by atoms with E-state index in [9.17, 15) is 9.59 Å². The van der Waals surface area contributed by atoms with Crippen molar-refractivity contribution in [2.24, 2.45) is 11.8 Å². The maximum atomic E-state index is 12.7. The van der Waals surface area contributed by atoms with Gasteiger partial charge in [0, 0.05) is 56.7 Å². The number of carbonyl (C=O) groups excluding carboxylic acids is 2. The molecule has 2 atom stereocenters. The van der Waals surface area contributed by atoms with Crippen LogP contribution >= 0.6 is 15.9 Å². The lowest BCUT2D eigenvalue weighted by Crippen LogP contribution is -2.52. The number of anilines is 1. The van der Waals surface area contributed by atoms with Crippen molar-refractivity contribution in [1.82, 2.24) is 14.7 Å². The van der Waals surface area contributed by atoms with Gasteiger partial charge in [0.1, 0.15) is 0 Å². The van der Waals surface area contributed by atoms with E-state index < -0.39 is 0 Å². The molecule has 29 heavy (non-hydrogen) atoms. The summed E-state index contributed by atoms with van der Waals surface area (Å²) in [4.78, 5) is 31.5. The number of halogens is 1. The average Bonchev–Trinajstić information content (AvgIpc) is 2.68. The quantitative estimate of drug-likeness (QED) is 0.702. The fourth-order valence-electron chi connectivity index (χ4n) is 4.36. The minimum Gasteiger partial charge on any atom is -0.341 e. The number of para-hydroxylation sites is 1. The third kappa shape index (κ3) is 6.79. The summed E-state index contributed by atoms with van der Waals surface area (Å²) in [6.45, 7) is 11.1. The zero-order chi connectivity index (χ0) is 20.8. The van der Waals surface area contributed by atoms with E-state index >= 15 is 0 Å². The van der Waals surface area contributed by atoms with Crippen LogP contribution in [0.2, 0.25) is 0 Å². The second kappa shape index (κ2) is 10.5. The van der Waals surface area contributed by atoms with Crippen LogP contribution in [0.15, 0.2) is 28.7 Å². The van der Waals surface area contributed by atoms with Crippen molar-refractivity contribution in [3.8, 4) is 0 Å². The van der Waals surface area contributed by atoms with Gasteiger partial charge in [0.15, 0.2) is 0 Å². The minimum absolute atomic E-state index is 0.0304. The molecule has 7 heteroatoms. The van der Waals surface area contributed by atoms with Gasteiger partial charge in [0.25, 0.3) is 0 Å². The Balaban J connectivity index is 1.35. The number of amides is 2. The van der Waals surface area contributed by atoms with Crippen molar-refractivity contribution in [2.75, 3.05) is 57.7 Å². The fourth-order valence-corrected chi connectivity index (χ4v) is 4.75. The van der Waals surface area contributed by atoms with E-state index in [-0.39, 0.29) is 11.8 Å². The largest absolute Gasteiger partial charge is 0.341 e. The Morgan fingerprint density at radius 1 is 1.03 bits per heavy atom. The lowest BCUT2D eigenvalue weighted by Gasteiger charge is -2.38. The number of piperidine rings is 1. The molecule has 1 aromatic carbocycles. The van der Waals surface area contributed by atoms with Crippen LogP contribution in [0.25, 0.3) is 0 Å². The normalized spacial score (nSPS) is 23.8. The molecule has 2 aliphatic heterocycles. The standard InChI is InChI=1S/C22H33BrN4O2/c1-17-13-18(2)15-27(14-17)22(29)16-26-11-9-25(10-12-26)8-7-21(28)24-20-6-4-3-5-19(20)23/h3-6,17-18H,7-16H2,1-2H3,(H,24,28). The van der Waals surface area contributed by atoms with Gasteiger partial charge in [0.05, 0.1) is 12.2 Å². The van der Waals surface area contributed by atoms with Crippen LogP contribution in [-0.2, 0) is 9.59 Å². The highest BCUT2D eigenvalue weighted by molar-refractivity contribution is 9.10. The molecule has 2 unspecified atom stereocenters. The molecule has 6 nitrogen and oxygen atoms in total. The van der Waals surface area contributed by atoms with Crippen LogP contribution in [0.3, 0.4) is 0 Å². The molecule has 0 spiro atoms. The number of benzene rings is 1. The van der Waals surface area contributed by atoms with Crippen molar-refractivity contribution in [1.29, 1.82) is 0 Å². The van der Waals surface area contributed by atoms with Gasteiger partial charge in [-0.25, -0.2) is 0 Å². The Bertz CT molecular complexity index is 696. The Hall–Kier alpha value is -1.44. The molecular formula is C22H33BrN4O2. The Labute approximate surface area is 182 Å². The number of nitrogens with zero attached hydrogens (tertiary/aromatic N) is 3. The molecule has 2 fully saturated rings. The molecule has 0 radical (unpaired) electrons.